The fraction of sp³-hybridized carbons (Fsp3) is 0.429. The zero-order chi connectivity index (χ0) is 14.5. The van der Waals surface area contributed by atoms with Gasteiger partial charge in [0.15, 0.2) is 0 Å². The van der Waals surface area contributed by atoms with Gasteiger partial charge in [-0.1, -0.05) is 12.1 Å². The number of aromatic nitrogens is 3. The van der Waals surface area contributed by atoms with Crippen LogP contribution in [0.2, 0.25) is 0 Å². The summed E-state index contributed by atoms with van der Waals surface area (Å²) >= 11 is 5.15. The van der Waals surface area contributed by atoms with Crippen LogP contribution in [0.1, 0.15) is 25.7 Å². The molecule has 20 heavy (non-hydrogen) atoms. The second kappa shape index (κ2) is 7.24. The fourth-order valence-corrected chi connectivity index (χ4v) is 3.37. The van der Waals surface area contributed by atoms with Gasteiger partial charge in [-0.2, -0.15) is 5.10 Å². The summed E-state index contributed by atoms with van der Waals surface area (Å²) in [6.45, 7) is 4.11. The van der Waals surface area contributed by atoms with E-state index < -0.39 is 6.10 Å². The molecule has 0 fully saturated rings. The average molecular weight is 356 g/mol. The number of nitrogens with zero attached hydrogens (tertiary/aromatic N) is 3. The lowest BCUT2D eigenvalue weighted by molar-refractivity contribution is 0.195. The zero-order valence-electron chi connectivity index (χ0n) is 11.5. The van der Waals surface area contributed by atoms with Crippen LogP contribution in [0.3, 0.4) is 0 Å². The molecule has 1 heterocycles. The van der Waals surface area contributed by atoms with Crippen molar-refractivity contribution < 1.29 is 5.11 Å². The Morgan fingerprint density at radius 1 is 1.35 bits per heavy atom. The van der Waals surface area contributed by atoms with Gasteiger partial charge in [0.25, 0.3) is 0 Å². The summed E-state index contributed by atoms with van der Waals surface area (Å²) in [6.07, 6.45) is 1.63. The second-order valence-corrected chi connectivity index (χ2v) is 6.73. The minimum Gasteiger partial charge on any atom is -0.392 e. The third-order valence-electron chi connectivity index (χ3n) is 2.82. The highest BCUT2D eigenvalue weighted by Gasteiger charge is 2.13. The lowest BCUT2D eigenvalue weighted by Crippen LogP contribution is -2.18. The van der Waals surface area contributed by atoms with E-state index in [-0.39, 0.29) is 6.04 Å². The first-order chi connectivity index (χ1) is 9.58. The van der Waals surface area contributed by atoms with E-state index in [4.69, 9.17) is 0 Å². The summed E-state index contributed by atoms with van der Waals surface area (Å²) in [5.74, 6) is 1.47. The van der Waals surface area contributed by atoms with E-state index in [0.717, 1.165) is 15.2 Å². The maximum atomic E-state index is 10.2. The van der Waals surface area contributed by atoms with E-state index in [1.165, 1.54) is 0 Å². The molecule has 2 rings (SSSR count). The second-order valence-electron chi connectivity index (χ2n) is 4.81. The number of hydrogen-bond donors (Lipinski definition) is 1. The van der Waals surface area contributed by atoms with Gasteiger partial charge >= 0.3 is 0 Å². The molecule has 0 amide bonds. The smallest absolute Gasteiger partial charge is 0.138 e. The van der Waals surface area contributed by atoms with Gasteiger partial charge in [-0.05, 0) is 41.9 Å². The van der Waals surface area contributed by atoms with Crippen LogP contribution in [0.5, 0.6) is 0 Å². The van der Waals surface area contributed by atoms with Crippen LogP contribution in [0.15, 0.2) is 40.0 Å². The summed E-state index contributed by atoms with van der Waals surface area (Å²) in [5.41, 5.74) is 0. The lowest BCUT2D eigenvalue weighted by atomic mass is 10.2. The predicted molar refractivity (Wildman–Crippen MR) is 85.0 cm³/mol. The molecular formula is C14H18BrN3OS. The molecule has 1 N–H and O–H groups in total. The molecule has 0 aliphatic rings. The lowest BCUT2D eigenvalue weighted by Gasteiger charge is -2.13. The Morgan fingerprint density at radius 2 is 2.10 bits per heavy atom. The molecule has 1 aromatic carbocycles. The van der Waals surface area contributed by atoms with E-state index in [2.05, 4.69) is 39.9 Å². The molecule has 108 valence electrons. The highest BCUT2D eigenvalue weighted by atomic mass is 79.9. The zero-order valence-corrected chi connectivity index (χ0v) is 13.9. The van der Waals surface area contributed by atoms with Crippen LogP contribution in [-0.4, -0.2) is 31.7 Å². The molecule has 0 saturated heterocycles. The number of halogens is 1. The van der Waals surface area contributed by atoms with Crippen LogP contribution in [0.25, 0.3) is 0 Å². The van der Waals surface area contributed by atoms with Gasteiger partial charge in [-0.25, -0.2) is 9.67 Å². The molecule has 0 spiro atoms. The molecule has 2 aromatic rings. The van der Waals surface area contributed by atoms with Crippen LogP contribution in [0, 0.1) is 0 Å². The molecule has 0 radical (unpaired) electrons. The summed E-state index contributed by atoms with van der Waals surface area (Å²) in [6, 6.07) is 8.28. The highest BCUT2D eigenvalue weighted by Crippen LogP contribution is 2.27. The molecule has 6 heteroatoms. The SMILES string of the molecule is CC(C)n1ncnc1CC(O)CSc1ccccc1Br. The van der Waals surface area contributed by atoms with Crippen molar-refractivity contribution in [3.05, 3.63) is 40.9 Å². The monoisotopic (exact) mass is 355 g/mol. The first kappa shape index (κ1) is 15.5. The van der Waals surface area contributed by atoms with Crippen molar-refractivity contribution in [3.8, 4) is 0 Å². The standard InChI is InChI=1S/C14H18BrN3OS/c1-10(2)18-14(16-9-17-18)7-11(19)8-20-13-6-4-3-5-12(13)15/h3-6,9-11,19H,7-8H2,1-2H3. The van der Waals surface area contributed by atoms with Crippen molar-refractivity contribution in [2.75, 3.05) is 5.75 Å². The van der Waals surface area contributed by atoms with E-state index in [9.17, 15) is 5.11 Å². The maximum absolute atomic E-state index is 10.2. The van der Waals surface area contributed by atoms with E-state index in [1.54, 1.807) is 18.1 Å². The third kappa shape index (κ3) is 4.07. The highest BCUT2D eigenvalue weighted by molar-refractivity contribution is 9.10. The fourth-order valence-electron chi connectivity index (χ4n) is 1.87. The van der Waals surface area contributed by atoms with E-state index in [1.807, 2.05) is 28.9 Å². The summed E-state index contributed by atoms with van der Waals surface area (Å²) < 4.78 is 2.91. The number of benzene rings is 1. The van der Waals surface area contributed by atoms with Gasteiger partial charge in [0.05, 0.1) is 6.10 Å². The minimum absolute atomic E-state index is 0.260. The molecule has 1 aromatic heterocycles. The molecule has 0 aliphatic heterocycles. The van der Waals surface area contributed by atoms with Gasteiger partial charge < -0.3 is 5.11 Å². The van der Waals surface area contributed by atoms with Crippen LogP contribution in [-0.2, 0) is 6.42 Å². The Labute approximate surface area is 131 Å². The molecule has 1 atom stereocenters. The van der Waals surface area contributed by atoms with Crippen LogP contribution in [0.4, 0.5) is 0 Å². The largest absolute Gasteiger partial charge is 0.392 e. The van der Waals surface area contributed by atoms with Gasteiger partial charge in [0.2, 0.25) is 0 Å². The first-order valence-electron chi connectivity index (χ1n) is 6.51. The van der Waals surface area contributed by atoms with Gasteiger partial charge in [0, 0.05) is 27.6 Å². The van der Waals surface area contributed by atoms with Crippen molar-refractivity contribution in [3.63, 3.8) is 0 Å². The molecule has 1 unspecified atom stereocenters. The molecule has 0 saturated carbocycles. The van der Waals surface area contributed by atoms with Crippen molar-refractivity contribution in [1.82, 2.24) is 14.8 Å². The summed E-state index contributed by atoms with van der Waals surface area (Å²) in [4.78, 5) is 5.36. The Balaban J connectivity index is 1.91. The normalized spacial score (nSPS) is 12.8. The topological polar surface area (TPSA) is 50.9 Å². The van der Waals surface area contributed by atoms with Gasteiger partial charge in [-0.15, -0.1) is 11.8 Å². The summed E-state index contributed by atoms with van der Waals surface area (Å²) in [5, 5.41) is 14.3. The molecule has 0 aliphatic carbocycles. The minimum atomic E-state index is -0.436. The first-order valence-corrected chi connectivity index (χ1v) is 8.29. The van der Waals surface area contributed by atoms with Crippen molar-refractivity contribution >= 4 is 27.7 Å². The maximum Gasteiger partial charge on any atom is 0.138 e. The Hall–Kier alpha value is -0.850. The Morgan fingerprint density at radius 3 is 2.80 bits per heavy atom. The number of rotatable bonds is 6. The third-order valence-corrected chi connectivity index (χ3v) is 4.99. The van der Waals surface area contributed by atoms with Crippen LogP contribution >= 0.6 is 27.7 Å². The Kier molecular flexibility index (Phi) is 5.63. The van der Waals surface area contributed by atoms with E-state index in [0.29, 0.717) is 12.2 Å². The number of hydrogen-bond acceptors (Lipinski definition) is 4. The van der Waals surface area contributed by atoms with Crippen molar-refractivity contribution in [1.29, 1.82) is 0 Å². The Bertz CT molecular complexity index is 559. The number of aliphatic hydroxyl groups excluding tert-OH is 1. The van der Waals surface area contributed by atoms with Crippen molar-refractivity contribution in [2.24, 2.45) is 0 Å². The molecule has 4 nitrogen and oxygen atoms in total. The quantitative estimate of drug-likeness (QED) is 0.807. The number of aliphatic hydroxyl groups is 1. The van der Waals surface area contributed by atoms with Gasteiger partial charge in [0.1, 0.15) is 12.2 Å². The van der Waals surface area contributed by atoms with Crippen LogP contribution < -0.4 is 0 Å². The predicted octanol–water partition coefficient (Wildman–Crippen LogP) is 3.32. The van der Waals surface area contributed by atoms with Gasteiger partial charge in [-0.3, -0.25) is 0 Å². The van der Waals surface area contributed by atoms with Crippen molar-refractivity contribution in [2.45, 2.75) is 37.3 Å². The van der Waals surface area contributed by atoms with E-state index >= 15 is 0 Å². The number of thioether (sulfide) groups is 1. The molecule has 0 bridgehead atoms. The average Bonchev–Trinajstić information content (AvgIpc) is 2.86. The summed E-state index contributed by atoms with van der Waals surface area (Å²) in [7, 11) is 0. The molecular weight excluding hydrogens is 338 g/mol.